The Morgan fingerprint density at radius 2 is 1.74 bits per heavy atom. The summed E-state index contributed by atoms with van der Waals surface area (Å²) in [6.07, 6.45) is 7.97. The van der Waals surface area contributed by atoms with Gasteiger partial charge in [-0.3, -0.25) is 19.2 Å². The lowest BCUT2D eigenvalue weighted by atomic mass is 9.48. The van der Waals surface area contributed by atoms with Crippen LogP contribution in [0.15, 0.2) is 23.3 Å². The molecule has 0 aromatic heterocycles. The number of carbonyl (C=O) groups is 4. The fraction of sp³-hybridized carbons (Fsp3) is 0.680. The van der Waals surface area contributed by atoms with Crippen LogP contribution in [0.3, 0.4) is 0 Å². The standard InChI is InChI=1S/C25H32O6/c1-4-30-22(28)21(23(29)31-5-2)25-13-10-16(26)14-15(25)6-7-17-18-8-9-20(27)24(18,3)12-11-19(17)25/h11,14,17-18,21H,4-10,12-13H2,1-3H3/t17-,18-,24-,25+/m0/s1. The van der Waals surface area contributed by atoms with Crippen LogP contribution in [0.2, 0.25) is 0 Å². The van der Waals surface area contributed by atoms with Crippen molar-refractivity contribution in [2.75, 3.05) is 13.2 Å². The molecule has 0 spiro atoms. The van der Waals surface area contributed by atoms with Gasteiger partial charge in [0.25, 0.3) is 0 Å². The molecule has 168 valence electrons. The molecule has 0 aromatic carbocycles. The summed E-state index contributed by atoms with van der Waals surface area (Å²) in [7, 11) is 0. The van der Waals surface area contributed by atoms with Gasteiger partial charge in [0.2, 0.25) is 0 Å². The summed E-state index contributed by atoms with van der Waals surface area (Å²) in [5, 5.41) is 0. The van der Waals surface area contributed by atoms with Crippen LogP contribution >= 0.6 is 0 Å². The van der Waals surface area contributed by atoms with Gasteiger partial charge < -0.3 is 9.47 Å². The van der Waals surface area contributed by atoms with E-state index in [2.05, 4.69) is 13.0 Å². The summed E-state index contributed by atoms with van der Waals surface area (Å²) in [5.41, 5.74) is 0.651. The molecule has 0 unspecified atom stereocenters. The van der Waals surface area contributed by atoms with Gasteiger partial charge in [0.15, 0.2) is 11.7 Å². The van der Waals surface area contributed by atoms with Crippen LogP contribution in [0.4, 0.5) is 0 Å². The Kier molecular flexibility index (Phi) is 5.69. The van der Waals surface area contributed by atoms with E-state index in [1.54, 1.807) is 19.9 Å². The van der Waals surface area contributed by atoms with E-state index in [0.29, 0.717) is 31.5 Å². The number of ether oxygens (including phenoxy) is 2. The van der Waals surface area contributed by atoms with E-state index in [1.807, 2.05) is 0 Å². The summed E-state index contributed by atoms with van der Waals surface area (Å²) in [6, 6.07) is 0. The SMILES string of the molecule is CCOC(=O)C(C(=O)OCC)[C@]12CCC(=O)C=C1CC[C@@H]1C2=CC[C@]2(C)C(=O)CC[C@@H]12. The summed E-state index contributed by atoms with van der Waals surface area (Å²) in [6.45, 7) is 5.84. The highest BCUT2D eigenvalue weighted by Gasteiger charge is 2.62. The molecule has 0 radical (unpaired) electrons. The third-order valence-corrected chi connectivity index (χ3v) is 8.22. The van der Waals surface area contributed by atoms with E-state index >= 15 is 0 Å². The van der Waals surface area contributed by atoms with Crippen molar-refractivity contribution in [1.82, 2.24) is 0 Å². The molecule has 4 aliphatic rings. The zero-order valence-corrected chi connectivity index (χ0v) is 18.7. The normalized spacial score (nSPS) is 34.3. The van der Waals surface area contributed by atoms with Crippen LogP contribution in [0, 0.1) is 28.6 Å². The average Bonchev–Trinajstić information content (AvgIpc) is 3.03. The number of esters is 2. The van der Waals surface area contributed by atoms with E-state index in [1.165, 1.54) is 0 Å². The van der Waals surface area contributed by atoms with E-state index < -0.39 is 23.3 Å². The lowest BCUT2D eigenvalue weighted by Gasteiger charge is -2.54. The summed E-state index contributed by atoms with van der Waals surface area (Å²) >= 11 is 0. The molecule has 2 fully saturated rings. The Labute approximate surface area is 183 Å². The van der Waals surface area contributed by atoms with Crippen molar-refractivity contribution in [3.8, 4) is 0 Å². The van der Waals surface area contributed by atoms with Crippen molar-refractivity contribution >= 4 is 23.5 Å². The number of carbonyl (C=O) groups excluding carboxylic acids is 4. The predicted octanol–water partition coefficient (Wildman–Crippen LogP) is 3.73. The molecular weight excluding hydrogens is 396 g/mol. The highest BCUT2D eigenvalue weighted by Crippen LogP contribution is 2.64. The van der Waals surface area contributed by atoms with Gasteiger partial charge in [-0.15, -0.1) is 0 Å². The number of allylic oxidation sites excluding steroid dienone is 4. The Hall–Kier alpha value is -2.24. The summed E-state index contributed by atoms with van der Waals surface area (Å²) in [5.74, 6) is -1.61. The zero-order chi connectivity index (χ0) is 22.4. The molecule has 2 saturated carbocycles. The van der Waals surface area contributed by atoms with Crippen LogP contribution in [-0.2, 0) is 28.7 Å². The molecule has 0 N–H and O–H groups in total. The summed E-state index contributed by atoms with van der Waals surface area (Å²) in [4.78, 5) is 51.4. The van der Waals surface area contributed by atoms with Crippen molar-refractivity contribution in [2.24, 2.45) is 28.6 Å². The van der Waals surface area contributed by atoms with Gasteiger partial charge in [-0.2, -0.15) is 0 Å². The molecule has 4 rings (SSSR count). The first-order valence-corrected chi connectivity index (χ1v) is 11.6. The lowest BCUT2D eigenvalue weighted by molar-refractivity contribution is -0.168. The molecule has 0 bridgehead atoms. The van der Waals surface area contributed by atoms with E-state index in [-0.39, 0.29) is 42.7 Å². The highest BCUT2D eigenvalue weighted by atomic mass is 16.6. The molecule has 4 aliphatic carbocycles. The number of rotatable bonds is 5. The second-order valence-corrected chi connectivity index (χ2v) is 9.54. The lowest BCUT2D eigenvalue weighted by Crippen LogP contribution is -2.53. The quantitative estimate of drug-likeness (QED) is 0.377. The van der Waals surface area contributed by atoms with E-state index in [0.717, 1.165) is 24.0 Å². The minimum atomic E-state index is -1.12. The van der Waals surface area contributed by atoms with Crippen LogP contribution in [0.1, 0.15) is 65.7 Å². The topological polar surface area (TPSA) is 86.7 Å². The van der Waals surface area contributed by atoms with Crippen LogP contribution < -0.4 is 0 Å². The first kappa shape index (κ1) is 22.0. The van der Waals surface area contributed by atoms with Crippen LogP contribution in [0.25, 0.3) is 0 Å². The molecular formula is C25H32O6. The smallest absolute Gasteiger partial charge is 0.321 e. The van der Waals surface area contributed by atoms with Crippen molar-refractivity contribution in [3.05, 3.63) is 23.3 Å². The van der Waals surface area contributed by atoms with Crippen molar-refractivity contribution < 1.29 is 28.7 Å². The zero-order valence-electron chi connectivity index (χ0n) is 18.7. The maximum Gasteiger partial charge on any atom is 0.321 e. The van der Waals surface area contributed by atoms with Gasteiger partial charge >= 0.3 is 11.9 Å². The fourth-order valence-electron chi connectivity index (χ4n) is 6.83. The number of ketones is 2. The molecule has 6 heteroatoms. The third kappa shape index (κ3) is 3.21. The monoisotopic (exact) mass is 428 g/mol. The van der Waals surface area contributed by atoms with Crippen molar-refractivity contribution in [2.45, 2.75) is 65.7 Å². The average molecular weight is 429 g/mol. The van der Waals surface area contributed by atoms with Crippen molar-refractivity contribution in [3.63, 3.8) is 0 Å². The van der Waals surface area contributed by atoms with Gasteiger partial charge in [0.1, 0.15) is 5.78 Å². The Bertz CT molecular complexity index is 864. The molecule has 0 saturated heterocycles. The van der Waals surface area contributed by atoms with Gasteiger partial charge in [-0.25, -0.2) is 0 Å². The minimum absolute atomic E-state index is 0.0350. The molecule has 31 heavy (non-hydrogen) atoms. The molecule has 0 heterocycles. The fourth-order valence-corrected chi connectivity index (χ4v) is 6.83. The highest BCUT2D eigenvalue weighted by molar-refractivity contribution is 5.99. The predicted molar refractivity (Wildman–Crippen MR) is 113 cm³/mol. The second kappa shape index (κ2) is 8.03. The largest absolute Gasteiger partial charge is 0.465 e. The summed E-state index contributed by atoms with van der Waals surface area (Å²) < 4.78 is 10.7. The maximum absolute atomic E-state index is 13.2. The van der Waals surface area contributed by atoms with E-state index in [9.17, 15) is 19.2 Å². The third-order valence-electron chi connectivity index (χ3n) is 8.22. The van der Waals surface area contributed by atoms with Gasteiger partial charge in [-0.1, -0.05) is 24.1 Å². The molecule has 6 nitrogen and oxygen atoms in total. The first-order chi connectivity index (χ1) is 14.8. The Morgan fingerprint density at radius 1 is 1.06 bits per heavy atom. The molecule has 4 atom stereocenters. The van der Waals surface area contributed by atoms with Crippen molar-refractivity contribution in [1.29, 1.82) is 0 Å². The number of Topliss-reactive ketones (excluding diaryl/α,β-unsaturated/α-hetero) is 1. The van der Waals surface area contributed by atoms with E-state index in [4.69, 9.17) is 9.47 Å². The van der Waals surface area contributed by atoms with Gasteiger partial charge in [0.05, 0.1) is 13.2 Å². The maximum atomic E-state index is 13.2. The number of hydrogen-bond acceptors (Lipinski definition) is 6. The minimum Gasteiger partial charge on any atom is -0.465 e. The number of hydrogen-bond donors (Lipinski definition) is 0. The van der Waals surface area contributed by atoms with Gasteiger partial charge in [0, 0.05) is 23.7 Å². The number of fused-ring (bicyclic) bond motifs is 5. The Balaban J connectivity index is 1.88. The molecule has 0 amide bonds. The van der Waals surface area contributed by atoms with Crippen LogP contribution in [0.5, 0.6) is 0 Å². The molecule has 0 aromatic rings. The Morgan fingerprint density at radius 3 is 2.39 bits per heavy atom. The van der Waals surface area contributed by atoms with Gasteiger partial charge in [-0.05, 0) is 63.9 Å². The molecule has 0 aliphatic heterocycles. The first-order valence-electron chi connectivity index (χ1n) is 11.6. The second-order valence-electron chi connectivity index (χ2n) is 9.54. The van der Waals surface area contributed by atoms with Crippen LogP contribution in [-0.4, -0.2) is 36.7 Å².